The summed E-state index contributed by atoms with van der Waals surface area (Å²) in [7, 11) is 0. The summed E-state index contributed by atoms with van der Waals surface area (Å²) >= 11 is 0. The maximum atomic E-state index is 13.4. The smallest absolute Gasteiger partial charge is 0.335 e. The quantitative estimate of drug-likeness (QED) is 0.532. The Bertz CT molecular complexity index is 1310. The number of aromatic carboxylic acids is 1. The van der Waals surface area contributed by atoms with E-state index >= 15 is 0 Å². The predicted octanol–water partition coefficient (Wildman–Crippen LogP) is 5.20. The van der Waals surface area contributed by atoms with E-state index in [1.54, 1.807) is 24.3 Å². The monoisotopic (exact) mass is 458 g/mol. The molecule has 3 aliphatic carbocycles. The number of hydrogen-bond acceptors (Lipinski definition) is 3. The van der Waals surface area contributed by atoms with Crippen molar-refractivity contribution in [2.75, 3.05) is 0 Å². The van der Waals surface area contributed by atoms with Crippen molar-refractivity contribution in [1.82, 2.24) is 9.78 Å². The van der Waals surface area contributed by atoms with Gasteiger partial charge in [0.25, 0.3) is 0 Å². The number of aryl methyl sites for hydroxylation is 1. The van der Waals surface area contributed by atoms with Crippen LogP contribution >= 0.6 is 0 Å². The zero-order chi connectivity index (χ0) is 23.5. The minimum Gasteiger partial charge on any atom is -0.478 e. The fourth-order valence-electron chi connectivity index (χ4n) is 6.50. The highest BCUT2D eigenvalue weighted by molar-refractivity contribution is 5.89. The lowest BCUT2D eigenvalue weighted by atomic mass is 9.61. The Kier molecular flexibility index (Phi) is 4.78. The molecule has 2 fully saturated rings. The lowest BCUT2D eigenvalue weighted by molar-refractivity contribution is -0.0661. The summed E-state index contributed by atoms with van der Waals surface area (Å²) in [5.41, 5.74) is 4.08. The minimum atomic E-state index is -0.929. The second-order valence-corrected chi connectivity index (χ2v) is 10.0. The summed E-state index contributed by atoms with van der Waals surface area (Å²) in [6, 6.07) is 13.4. The van der Waals surface area contributed by atoms with Crippen LogP contribution in [0.2, 0.25) is 0 Å². The number of carbonyl (C=O) groups is 1. The first-order chi connectivity index (χ1) is 16.4. The Morgan fingerprint density at radius 3 is 2.65 bits per heavy atom. The summed E-state index contributed by atoms with van der Waals surface area (Å²) < 4.78 is 15.3. The van der Waals surface area contributed by atoms with E-state index in [4.69, 9.17) is 0 Å². The maximum Gasteiger partial charge on any atom is 0.335 e. The molecule has 0 unspecified atom stereocenters. The molecule has 0 radical (unpaired) electrons. The molecule has 6 rings (SSSR count). The topological polar surface area (TPSA) is 75.3 Å². The molecule has 0 saturated heterocycles. The molecular weight excluding hydrogens is 431 g/mol. The number of carboxylic acid groups (broad SMARTS) is 1. The SMILES string of the molecule is O=C(O)c1ccccc1CC[C@]1(O)CCC2=Cc3c(cnn3-c3ccc(F)cc3)C[C@@]21C1CC1. The summed E-state index contributed by atoms with van der Waals surface area (Å²) in [6.45, 7) is 0. The number of rotatable bonds is 6. The van der Waals surface area contributed by atoms with E-state index in [2.05, 4.69) is 11.2 Å². The molecule has 6 heteroatoms. The van der Waals surface area contributed by atoms with Crippen LogP contribution in [0.25, 0.3) is 11.8 Å². The van der Waals surface area contributed by atoms with Crippen molar-refractivity contribution in [2.45, 2.75) is 50.5 Å². The van der Waals surface area contributed by atoms with E-state index in [-0.39, 0.29) is 11.2 Å². The van der Waals surface area contributed by atoms with Crippen molar-refractivity contribution < 1.29 is 19.4 Å². The van der Waals surface area contributed by atoms with E-state index in [0.717, 1.165) is 48.2 Å². The van der Waals surface area contributed by atoms with Crippen LogP contribution < -0.4 is 0 Å². The van der Waals surface area contributed by atoms with Crippen molar-refractivity contribution >= 4 is 12.0 Å². The number of aromatic nitrogens is 2. The van der Waals surface area contributed by atoms with Gasteiger partial charge in [-0.3, -0.25) is 0 Å². The fourth-order valence-corrected chi connectivity index (χ4v) is 6.50. The minimum absolute atomic E-state index is 0.277. The van der Waals surface area contributed by atoms with Crippen LogP contribution in [0.5, 0.6) is 0 Å². The highest BCUT2D eigenvalue weighted by Crippen LogP contribution is 2.66. The average molecular weight is 459 g/mol. The summed E-state index contributed by atoms with van der Waals surface area (Å²) in [5.74, 6) is -0.772. The van der Waals surface area contributed by atoms with Gasteiger partial charge >= 0.3 is 5.97 Å². The van der Waals surface area contributed by atoms with Crippen molar-refractivity contribution in [3.63, 3.8) is 0 Å². The van der Waals surface area contributed by atoms with Crippen LogP contribution in [-0.4, -0.2) is 31.6 Å². The fraction of sp³-hybridized carbons (Fsp3) is 0.357. The van der Waals surface area contributed by atoms with Gasteiger partial charge in [0.05, 0.1) is 28.7 Å². The largest absolute Gasteiger partial charge is 0.478 e. The number of benzene rings is 2. The normalized spacial score (nSPS) is 25.5. The van der Waals surface area contributed by atoms with Crippen LogP contribution in [0.1, 0.15) is 59.3 Å². The van der Waals surface area contributed by atoms with Gasteiger partial charge in [-0.2, -0.15) is 5.10 Å². The molecule has 0 spiro atoms. The first kappa shape index (κ1) is 21.3. The molecular formula is C28H27FN2O3. The number of halogens is 1. The zero-order valence-corrected chi connectivity index (χ0v) is 18.9. The molecule has 2 aromatic carbocycles. The van der Waals surface area contributed by atoms with Gasteiger partial charge in [0.15, 0.2) is 0 Å². The van der Waals surface area contributed by atoms with E-state index < -0.39 is 11.6 Å². The van der Waals surface area contributed by atoms with Gasteiger partial charge in [-0.1, -0.05) is 23.8 Å². The van der Waals surface area contributed by atoms with Gasteiger partial charge in [-0.25, -0.2) is 13.9 Å². The Balaban J connectivity index is 1.35. The van der Waals surface area contributed by atoms with Crippen molar-refractivity contribution in [3.8, 4) is 5.69 Å². The number of nitrogens with zero attached hydrogens (tertiary/aromatic N) is 2. The van der Waals surface area contributed by atoms with E-state index in [0.29, 0.717) is 30.7 Å². The molecule has 0 amide bonds. The van der Waals surface area contributed by atoms with Crippen LogP contribution in [0.15, 0.2) is 60.3 Å². The summed E-state index contributed by atoms with van der Waals surface area (Å²) in [6.07, 6.45) is 9.59. The number of fused-ring (bicyclic) bond motifs is 2. The third-order valence-electron chi connectivity index (χ3n) is 8.28. The van der Waals surface area contributed by atoms with Crippen molar-refractivity contribution in [3.05, 3.63) is 88.5 Å². The molecule has 174 valence electrons. The molecule has 2 N–H and O–H groups in total. The van der Waals surface area contributed by atoms with E-state index in [1.165, 1.54) is 17.7 Å². The van der Waals surface area contributed by atoms with Crippen LogP contribution in [0, 0.1) is 17.2 Å². The average Bonchev–Trinajstić information content (AvgIpc) is 3.56. The van der Waals surface area contributed by atoms with E-state index in [9.17, 15) is 19.4 Å². The number of carboxylic acids is 1. The predicted molar refractivity (Wildman–Crippen MR) is 126 cm³/mol. The molecule has 5 nitrogen and oxygen atoms in total. The van der Waals surface area contributed by atoms with Gasteiger partial charge in [-0.15, -0.1) is 0 Å². The molecule has 1 heterocycles. The lowest BCUT2D eigenvalue weighted by Gasteiger charge is -2.46. The first-order valence-electron chi connectivity index (χ1n) is 12.0. The molecule has 0 aliphatic heterocycles. The molecule has 0 bridgehead atoms. The Morgan fingerprint density at radius 2 is 1.91 bits per heavy atom. The van der Waals surface area contributed by atoms with Crippen molar-refractivity contribution in [1.29, 1.82) is 0 Å². The van der Waals surface area contributed by atoms with Gasteiger partial charge in [0.2, 0.25) is 0 Å². The van der Waals surface area contributed by atoms with Gasteiger partial charge in [0, 0.05) is 5.41 Å². The summed E-state index contributed by atoms with van der Waals surface area (Å²) in [4.78, 5) is 11.7. The molecule has 1 aromatic heterocycles. The lowest BCUT2D eigenvalue weighted by Crippen LogP contribution is -2.49. The molecule has 3 aliphatic rings. The Morgan fingerprint density at radius 1 is 1.15 bits per heavy atom. The van der Waals surface area contributed by atoms with Gasteiger partial charge < -0.3 is 10.2 Å². The van der Waals surface area contributed by atoms with Gasteiger partial charge in [0.1, 0.15) is 5.82 Å². The third-order valence-corrected chi connectivity index (χ3v) is 8.28. The van der Waals surface area contributed by atoms with Crippen LogP contribution in [0.4, 0.5) is 4.39 Å². The van der Waals surface area contributed by atoms with Crippen molar-refractivity contribution in [2.24, 2.45) is 11.3 Å². The summed E-state index contributed by atoms with van der Waals surface area (Å²) in [5, 5.41) is 26.3. The highest BCUT2D eigenvalue weighted by Gasteiger charge is 2.63. The van der Waals surface area contributed by atoms with Crippen LogP contribution in [0.3, 0.4) is 0 Å². The number of hydrogen-bond donors (Lipinski definition) is 2. The molecule has 3 aromatic rings. The first-order valence-corrected chi connectivity index (χ1v) is 12.0. The molecule has 2 atom stereocenters. The second kappa shape index (κ2) is 7.64. The third kappa shape index (κ3) is 3.16. The molecule has 2 saturated carbocycles. The maximum absolute atomic E-state index is 13.4. The number of aliphatic hydroxyl groups is 1. The standard InChI is InChI=1S/C28H27FN2O3/c29-22-7-9-23(10-8-22)31-25-15-21-12-14-27(34,13-11-18-3-1-2-4-24(18)26(32)33)28(21,20-5-6-20)16-19(25)17-30-31/h1-4,7-10,15,17,20,34H,5-6,11-14,16H2,(H,32,33)/t27-,28+/m0/s1. The Hall–Kier alpha value is -3.25. The zero-order valence-electron chi connectivity index (χ0n) is 18.9. The van der Waals surface area contributed by atoms with E-state index in [1.807, 2.05) is 23.0 Å². The second-order valence-electron chi connectivity index (χ2n) is 10.0. The highest BCUT2D eigenvalue weighted by atomic mass is 19.1. The molecule has 34 heavy (non-hydrogen) atoms. The van der Waals surface area contributed by atoms with Crippen LogP contribution in [-0.2, 0) is 12.8 Å². The Labute approximate surface area is 197 Å². The van der Waals surface area contributed by atoms with Gasteiger partial charge in [-0.05, 0) is 98.4 Å².